The van der Waals surface area contributed by atoms with E-state index in [1.807, 2.05) is 6.07 Å². The van der Waals surface area contributed by atoms with Crippen molar-refractivity contribution in [3.63, 3.8) is 0 Å². The molecule has 0 aliphatic carbocycles. The van der Waals surface area contributed by atoms with E-state index in [4.69, 9.17) is 10.00 Å². The van der Waals surface area contributed by atoms with Gasteiger partial charge >= 0.3 is 12.0 Å². The summed E-state index contributed by atoms with van der Waals surface area (Å²) in [4.78, 5) is 50.0. The molecule has 3 amide bonds. The van der Waals surface area contributed by atoms with Crippen LogP contribution in [0.2, 0.25) is 0 Å². The van der Waals surface area contributed by atoms with Gasteiger partial charge in [-0.25, -0.2) is 4.79 Å². The summed E-state index contributed by atoms with van der Waals surface area (Å²) < 4.78 is 5.06. The third kappa shape index (κ3) is 6.54. The monoisotopic (exact) mass is 390 g/mol. The first-order chi connectivity index (χ1) is 12.9. The van der Waals surface area contributed by atoms with Crippen molar-refractivity contribution >= 4 is 17.9 Å². The van der Waals surface area contributed by atoms with Crippen molar-refractivity contribution in [2.75, 3.05) is 0 Å². The molecule has 28 heavy (non-hydrogen) atoms. The second kappa shape index (κ2) is 9.17. The number of rotatable bonds is 5. The molecule has 1 atom stereocenters. The van der Waals surface area contributed by atoms with Gasteiger partial charge in [-0.1, -0.05) is 0 Å². The van der Waals surface area contributed by atoms with Crippen LogP contribution in [0.15, 0.2) is 4.79 Å². The van der Waals surface area contributed by atoms with Gasteiger partial charge in [0.2, 0.25) is 0 Å². The normalized spacial score (nSPS) is 11.9. The first-order valence-corrected chi connectivity index (χ1v) is 8.80. The van der Waals surface area contributed by atoms with E-state index in [2.05, 4.69) is 15.6 Å². The van der Waals surface area contributed by atoms with Crippen LogP contribution in [-0.2, 0) is 20.7 Å². The largest absolute Gasteiger partial charge is 0.453 e. The lowest BCUT2D eigenvalue weighted by Crippen LogP contribution is -2.50. The summed E-state index contributed by atoms with van der Waals surface area (Å²) in [6.45, 7) is 9.98. The number of esters is 1. The summed E-state index contributed by atoms with van der Waals surface area (Å²) in [6.07, 6.45) is -0.962. The van der Waals surface area contributed by atoms with Gasteiger partial charge in [0.25, 0.3) is 11.5 Å². The van der Waals surface area contributed by atoms with Crippen molar-refractivity contribution in [2.24, 2.45) is 0 Å². The molecule has 0 aliphatic rings. The molecule has 0 saturated carbocycles. The number of nitrogens with zero attached hydrogens (tertiary/aromatic N) is 1. The van der Waals surface area contributed by atoms with Crippen molar-refractivity contribution in [3.8, 4) is 6.07 Å². The third-order valence-corrected chi connectivity index (χ3v) is 3.90. The SMILES string of the molecule is Cc1[nH]c(=O)c(C#N)c(C)c1CCC(=O)O[C@@H](C)C(=O)NC(=O)NC(C)(C)C. The molecule has 1 rings (SSSR count). The van der Waals surface area contributed by atoms with Gasteiger partial charge in [-0.3, -0.25) is 19.7 Å². The Bertz CT molecular complexity index is 874. The minimum atomic E-state index is -1.15. The molecule has 0 spiro atoms. The zero-order chi connectivity index (χ0) is 21.6. The first-order valence-electron chi connectivity index (χ1n) is 8.80. The van der Waals surface area contributed by atoms with Crippen LogP contribution >= 0.6 is 0 Å². The van der Waals surface area contributed by atoms with E-state index < -0.39 is 35.1 Å². The quantitative estimate of drug-likeness (QED) is 0.648. The Morgan fingerprint density at radius 1 is 1.25 bits per heavy atom. The molecule has 152 valence electrons. The van der Waals surface area contributed by atoms with Gasteiger partial charge in [-0.05, 0) is 59.1 Å². The summed E-state index contributed by atoms with van der Waals surface area (Å²) >= 11 is 0. The van der Waals surface area contributed by atoms with Crippen LogP contribution in [0.1, 0.15) is 56.5 Å². The number of hydrogen-bond donors (Lipinski definition) is 3. The Morgan fingerprint density at radius 2 is 1.86 bits per heavy atom. The number of carbonyl (C=O) groups excluding carboxylic acids is 3. The maximum absolute atomic E-state index is 12.1. The minimum Gasteiger partial charge on any atom is -0.453 e. The average molecular weight is 390 g/mol. The highest BCUT2D eigenvalue weighted by Crippen LogP contribution is 2.15. The Labute approximate surface area is 163 Å². The predicted octanol–water partition coefficient (Wildman–Crippen LogP) is 1.35. The molecule has 1 heterocycles. The molecule has 0 unspecified atom stereocenters. The number of aryl methyl sites for hydroxylation is 1. The zero-order valence-electron chi connectivity index (χ0n) is 17.0. The maximum Gasteiger partial charge on any atom is 0.321 e. The molecule has 0 saturated heterocycles. The maximum atomic E-state index is 12.1. The number of nitriles is 1. The lowest BCUT2D eigenvalue weighted by molar-refractivity contribution is -0.154. The summed E-state index contributed by atoms with van der Waals surface area (Å²) in [5.74, 6) is -1.37. The second-order valence-corrected chi connectivity index (χ2v) is 7.49. The smallest absolute Gasteiger partial charge is 0.321 e. The van der Waals surface area contributed by atoms with E-state index in [-0.39, 0.29) is 18.4 Å². The van der Waals surface area contributed by atoms with E-state index in [9.17, 15) is 19.2 Å². The molecule has 9 nitrogen and oxygen atoms in total. The lowest BCUT2D eigenvalue weighted by atomic mass is 9.99. The highest BCUT2D eigenvalue weighted by atomic mass is 16.5. The standard InChI is InChI=1S/C19H26N4O5/c1-10-13(11(2)21-17(26)14(10)9-20)7-8-15(24)28-12(3)16(25)22-18(27)23-19(4,5)6/h12H,7-8H2,1-6H3,(H,21,26)(H2,22,23,25,27)/t12-/m0/s1. The summed E-state index contributed by atoms with van der Waals surface area (Å²) in [7, 11) is 0. The fraction of sp³-hybridized carbons (Fsp3) is 0.526. The fourth-order valence-electron chi connectivity index (χ4n) is 2.54. The minimum absolute atomic E-state index is 0.00609. The molecule has 1 aromatic rings. The number of aromatic amines is 1. The Hall–Kier alpha value is -3.15. The van der Waals surface area contributed by atoms with Gasteiger partial charge in [0.05, 0.1) is 0 Å². The number of ether oxygens (including phenoxy) is 1. The first kappa shape index (κ1) is 22.9. The van der Waals surface area contributed by atoms with Crippen molar-refractivity contribution < 1.29 is 19.1 Å². The Kier molecular flexibility index (Phi) is 7.50. The zero-order valence-corrected chi connectivity index (χ0v) is 17.0. The number of amides is 3. The summed E-state index contributed by atoms with van der Waals surface area (Å²) in [5, 5.41) is 13.8. The van der Waals surface area contributed by atoms with E-state index in [0.29, 0.717) is 16.8 Å². The number of H-pyrrole nitrogens is 1. The fourth-order valence-corrected chi connectivity index (χ4v) is 2.54. The topological polar surface area (TPSA) is 141 Å². The molecular weight excluding hydrogens is 364 g/mol. The van der Waals surface area contributed by atoms with Gasteiger partial charge in [-0.2, -0.15) is 5.26 Å². The van der Waals surface area contributed by atoms with Crippen LogP contribution < -0.4 is 16.2 Å². The number of pyridine rings is 1. The summed E-state index contributed by atoms with van der Waals surface area (Å²) in [5.41, 5.74) is 0.781. The van der Waals surface area contributed by atoms with Crippen LogP contribution in [-0.4, -0.2) is 34.5 Å². The van der Waals surface area contributed by atoms with Gasteiger partial charge in [0, 0.05) is 17.7 Å². The molecule has 0 radical (unpaired) electrons. The van der Waals surface area contributed by atoms with Crippen molar-refractivity contribution in [3.05, 3.63) is 32.7 Å². The van der Waals surface area contributed by atoms with Crippen LogP contribution in [0.5, 0.6) is 0 Å². The van der Waals surface area contributed by atoms with Crippen LogP contribution in [0, 0.1) is 25.2 Å². The highest BCUT2D eigenvalue weighted by Gasteiger charge is 2.22. The van der Waals surface area contributed by atoms with E-state index in [0.717, 1.165) is 0 Å². The average Bonchev–Trinajstić information content (AvgIpc) is 2.52. The van der Waals surface area contributed by atoms with Crippen molar-refractivity contribution in [2.45, 2.75) is 66.0 Å². The van der Waals surface area contributed by atoms with E-state index >= 15 is 0 Å². The molecule has 0 fully saturated rings. The number of aromatic nitrogens is 1. The highest BCUT2D eigenvalue weighted by molar-refractivity contribution is 5.97. The van der Waals surface area contributed by atoms with Gasteiger partial charge in [0.15, 0.2) is 6.10 Å². The van der Waals surface area contributed by atoms with Gasteiger partial charge in [0.1, 0.15) is 11.6 Å². The van der Waals surface area contributed by atoms with Gasteiger partial charge in [-0.15, -0.1) is 0 Å². The number of urea groups is 1. The number of carbonyl (C=O) groups is 3. The number of nitrogens with one attached hydrogen (secondary N) is 3. The van der Waals surface area contributed by atoms with Crippen LogP contribution in [0.25, 0.3) is 0 Å². The van der Waals surface area contributed by atoms with E-state index in [1.54, 1.807) is 34.6 Å². The molecule has 0 bridgehead atoms. The molecule has 9 heteroatoms. The van der Waals surface area contributed by atoms with Crippen molar-refractivity contribution in [1.82, 2.24) is 15.6 Å². The lowest BCUT2D eigenvalue weighted by Gasteiger charge is -2.21. The van der Waals surface area contributed by atoms with Crippen LogP contribution in [0.3, 0.4) is 0 Å². The number of imide groups is 1. The molecular formula is C19H26N4O5. The van der Waals surface area contributed by atoms with Gasteiger partial charge < -0.3 is 15.0 Å². The molecule has 0 aromatic carbocycles. The summed E-state index contributed by atoms with van der Waals surface area (Å²) in [6, 6.07) is 1.17. The third-order valence-electron chi connectivity index (χ3n) is 3.90. The molecule has 0 aliphatic heterocycles. The Balaban J connectivity index is 2.66. The molecule has 3 N–H and O–H groups in total. The van der Waals surface area contributed by atoms with Crippen LogP contribution in [0.4, 0.5) is 4.79 Å². The predicted molar refractivity (Wildman–Crippen MR) is 102 cm³/mol. The Morgan fingerprint density at radius 3 is 2.39 bits per heavy atom. The number of hydrogen-bond acceptors (Lipinski definition) is 6. The van der Waals surface area contributed by atoms with E-state index in [1.165, 1.54) is 6.92 Å². The second-order valence-electron chi connectivity index (χ2n) is 7.49. The van der Waals surface area contributed by atoms with Crippen molar-refractivity contribution in [1.29, 1.82) is 5.26 Å². The molecule has 1 aromatic heterocycles.